The van der Waals surface area contributed by atoms with E-state index in [1.807, 2.05) is 0 Å². The molecule has 0 unspecified atom stereocenters. The molecule has 0 heterocycles. The zero-order chi connectivity index (χ0) is 20.4. The molecule has 0 saturated heterocycles. The van der Waals surface area contributed by atoms with E-state index in [9.17, 15) is 9.59 Å². The third kappa shape index (κ3) is 6.61. The SMILES string of the molecule is COc1cccc(C(=O)NCCC[C@H](C)CNC(=O)c2cccc(OC)c2)c1. The molecule has 0 bridgehead atoms. The molecule has 0 aliphatic rings. The summed E-state index contributed by atoms with van der Waals surface area (Å²) in [7, 11) is 3.15. The van der Waals surface area contributed by atoms with Crippen molar-refractivity contribution in [2.45, 2.75) is 19.8 Å². The zero-order valence-corrected chi connectivity index (χ0v) is 16.7. The summed E-state index contributed by atoms with van der Waals surface area (Å²) >= 11 is 0. The molecule has 6 heteroatoms. The van der Waals surface area contributed by atoms with Crippen molar-refractivity contribution in [1.29, 1.82) is 0 Å². The second kappa shape index (κ2) is 11.0. The summed E-state index contributed by atoms with van der Waals surface area (Å²) in [6, 6.07) is 14.1. The minimum absolute atomic E-state index is 0.113. The van der Waals surface area contributed by atoms with Crippen LogP contribution in [0.1, 0.15) is 40.5 Å². The Hall–Kier alpha value is -3.02. The van der Waals surface area contributed by atoms with Crippen LogP contribution in [0.5, 0.6) is 11.5 Å². The Morgan fingerprint density at radius 1 is 0.893 bits per heavy atom. The van der Waals surface area contributed by atoms with E-state index >= 15 is 0 Å². The van der Waals surface area contributed by atoms with Crippen LogP contribution in [0.2, 0.25) is 0 Å². The van der Waals surface area contributed by atoms with E-state index in [0.29, 0.717) is 41.6 Å². The number of nitrogens with one attached hydrogen (secondary N) is 2. The second-order valence-corrected chi connectivity index (χ2v) is 6.68. The number of hydrogen-bond acceptors (Lipinski definition) is 4. The molecule has 2 rings (SSSR count). The summed E-state index contributed by atoms with van der Waals surface area (Å²) in [5.41, 5.74) is 1.16. The first kappa shape index (κ1) is 21.3. The van der Waals surface area contributed by atoms with E-state index in [2.05, 4.69) is 17.6 Å². The van der Waals surface area contributed by atoms with E-state index in [1.54, 1.807) is 62.8 Å². The van der Waals surface area contributed by atoms with Crippen LogP contribution in [0.4, 0.5) is 0 Å². The number of carbonyl (C=O) groups is 2. The van der Waals surface area contributed by atoms with Crippen LogP contribution >= 0.6 is 0 Å². The van der Waals surface area contributed by atoms with E-state index < -0.39 is 0 Å². The average molecular weight is 384 g/mol. The number of rotatable bonds is 10. The van der Waals surface area contributed by atoms with Crippen molar-refractivity contribution in [3.63, 3.8) is 0 Å². The Balaban J connectivity index is 1.67. The monoisotopic (exact) mass is 384 g/mol. The molecule has 2 amide bonds. The molecule has 0 aromatic heterocycles. The van der Waals surface area contributed by atoms with Crippen LogP contribution in [0.15, 0.2) is 48.5 Å². The lowest BCUT2D eigenvalue weighted by Crippen LogP contribution is -2.29. The van der Waals surface area contributed by atoms with E-state index in [4.69, 9.17) is 9.47 Å². The predicted molar refractivity (Wildman–Crippen MR) is 109 cm³/mol. The number of hydrogen-bond donors (Lipinski definition) is 2. The van der Waals surface area contributed by atoms with Crippen LogP contribution in [0, 0.1) is 5.92 Å². The summed E-state index contributed by atoms with van der Waals surface area (Å²) in [4.78, 5) is 24.4. The second-order valence-electron chi connectivity index (χ2n) is 6.68. The molecule has 0 fully saturated rings. The molecule has 0 spiro atoms. The molecular formula is C22H28N2O4. The van der Waals surface area contributed by atoms with Gasteiger partial charge in [0, 0.05) is 24.2 Å². The van der Waals surface area contributed by atoms with Crippen LogP contribution in [-0.2, 0) is 0 Å². The van der Waals surface area contributed by atoms with Gasteiger partial charge in [0.2, 0.25) is 0 Å². The fraction of sp³-hybridized carbons (Fsp3) is 0.364. The van der Waals surface area contributed by atoms with Crippen molar-refractivity contribution in [2.75, 3.05) is 27.3 Å². The lowest BCUT2D eigenvalue weighted by molar-refractivity contribution is 0.0945. The molecule has 0 aliphatic carbocycles. The van der Waals surface area contributed by atoms with Crippen molar-refractivity contribution in [1.82, 2.24) is 10.6 Å². The maximum atomic E-state index is 12.2. The first-order chi connectivity index (χ1) is 13.5. The van der Waals surface area contributed by atoms with Gasteiger partial charge in [0.15, 0.2) is 0 Å². The maximum Gasteiger partial charge on any atom is 0.251 e. The van der Waals surface area contributed by atoms with Crippen LogP contribution in [0.25, 0.3) is 0 Å². The fourth-order valence-corrected chi connectivity index (χ4v) is 2.75. The van der Waals surface area contributed by atoms with Gasteiger partial charge in [0.05, 0.1) is 14.2 Å². The topological polar surface area (TPSA) is 76.7 Å². The van der Waals surface area contributed by atoms with Crippen molar-refractivity contribution in [2.24, 2.45) is 5.92 Å². The van der Waals surface area contributed by atoms with Gasteiger partial charge in [-0.25, -0.2) is 0 Å². The highest BCUT2D eigenvalue weighted by Crippen LogP contribution is 2.13. The minimum atomic E-state index is -0.114. The van der Waals surface area contributed by atoms with E-state index in [0.717, 1.165) is 12.8 Å². The summed E-state index contributed by atoms with van der Waals surface area (Å²) in [5, 5.41) is 5.86. The first-order valence-corrected chi connectivity index (χ1v) is 9.38. The highest BCUT2D eigenvalue weighted by atomic mass is 16.5. The molecule has 1 atom stereocenters. The number of carbonyl (C=O) groups excluding carboxylic acids is 2. The molecule has 150 valence electrons. The number of amides is 2. The Labute approximate surface area is 166 Å². The van der Waals surface area contributed by atoms with E-state index in [1.165, 1.54) is 0 Å². The Morgan fingerprint density at radius 2 is 1.43 bits per heavy atom. The third-order valence-electron chi connectivity index (χ3n) is 4.43. The van der Waals surface area contributed by atoms with Gasteiger partial charge in [-0.2, -0.15) is 0 Å². The highest BCUT2D eigenvalue weighted by Gasteiger charge is 2.10. The van der Waals surface area contributed by atoms with Gasteiger partial charge in [-0.15, -0.1) is 0 Å². The molecule has 2 aromatic carbocycles. The lowest BCUT2D eigenvalue weighted by Gasteiger charge is -2.13. The standard InChI is InChI=1S/C22H28N2O4/c1-16(15-24-22(26)18-9-5-11-20(14-18)28-3)7-6-12-23-21(25)17-8-4-10-19(13-17)27-2/h4-5,8-11,13-14,16H,6-7,12,15H2,1-3H3,(H,23,25)(H,24,26)/t16-/m0/s1. The van der Waals surface area contributed by atoms with Crippen LogP contribution in [-0.4, -0.2) is 39.1 Å². The quantitative estimate of drug-likeness (QED) is 0.617. The molecule has 0 saturated carbocycles. The van der Waals surface area contributed by atoms with Gasteiger partial charge in [-0.1, -0.05) is 19.1 Å². The number of benzene rings is 2. The van der Waals surface area contributed by atoms with Crippen molar-refractivity contribution < 1.29 is 19.1 Å². The maximum absolute atomic E-state index is 12.2. The largest absolute Gasteiger partial charge is 0.497 e. The van der Waals surface area contributed by atoms with Gasteiger partial charge >= 0.3 is 0 Å². The third-order valence-corrected chi connectivity index (χ3v) is 4.43. The molecule has 6 nitrogen and oxygen atoms in total. The normalized spacial score (nSPS) is 11.4. The Morgan fingerprint density at radius 3 is 1.96 bits per heavy atom. The Kier molecular flexibility index (Phi) is 8.34. The van der Waals surface area contributed by atoms with Gasteiger partial charge in [0.25, 0.3) is 11.8 Å². The molecule has 2 N–H and O–H groups in total. The zero-order valence-electron chi connectivity index (χ0n) is 16.7. The molecule has 28 heavy (non-hydrogen) atoms. The van der Waals surface area contributed by atoms with Crippen LogP contribution in [0.3, 0.4) is 0 Å². The van der Waals surface area contributed by atoms with Gasteiger partial charge in [-0.05, 0) is 55.2 Å². The summed E-state index contributed by atoms with van der Waals surface area (Å²) < 4.78 is 10.3. The van der Waals surface area contributed by atoms with Gasteiger partial charge in [-0.3, -0.25) is 9.59 Å². The van der Waals surface area contributed by atoms with E-state index in [-0.39, 0.29) is 11.8 Å². The highest BCUT2D eigenvalue weighted by molar-refractivity contribution is 5.95. The van der Waals surface area contributed by atoms with Gasteiger partial charge < -0.3 is 20.1 Å². The average Bonchev–Trinajstić information content (AvgIpc) is 2.74. The molecular weight excluding hydrogens is 356 g/mol. The molecule has 2 aromatic rings. The summed E-state index contributed by atoms with van der Waals surface area (Å²) in [5.74, 6) is 1.40. The molecule has 0 radical (unpaired) electrons. The first-order valence-electron chi connectivity index (χ1n) is 9.38. The minimum Gasteiger partial charge on any atom is -0.497 e. The smallest absolute Gasteiger partial charge is 0.251 e. The lowest BCUT2D eigenvalue weighted by atomic mass is 10.1. The van der Waals surface area contributed by atoms with Crippen LogP contribution < -0.4 is 20.1 Å². The number of methoxy groups -OCH3 is 2. The molecule has 0 aliphatic heterocycles. The van der Waals surface area contributed by atoms with Crippen molar-refractivity contribution in [3.8, 4) is 11.5 Å². The Bertz CT molecular complexity index is 792. The van der Waals surface area contributed by atoms with Gasteiger partial charge in [0.1, 0.15) is 11.5 Å². The number of ether oxygens (including phenoxy) is 2. The fourth-order valence-electron chi connectivity index (χ4n) is 2.75. The van der Waals surface area contributed by atoms with Crippen molar-refractivity contribution >= 4 is 11.8 Å². The van der Waals surface area contributed by atoms with Crippen molar-refractivity contribution in [3.05, 3.63) is 59.7 Å². The summed E-state index contributed by atoms with van der Waals surface area (Å²) in [6.45, 7) is 3.25. The summed E-state index contributed by atoms with van der Waals surface area (Å²) in [6.07, 6.45) is 1.74. The predicted octanol–water partition coefficient (Wildman–Crippen LogP) is 3.28.